The molecule has 1 atom stereocenters. The third kappa shape index (κ3) is 3.07. The molecule has 0 radical (unpaired) electrons. The van der Waals surface area contributed by atoms with Crippen LogP contribution in [0.5, 0.6) is 0 Å². The van der Waals surface area contributed by atoms with Crippen LogP contribution >= 0.6 is 0 Å². The fourth-order valence-electron chi connectivity index (χ4n) is 3.55. The van der Waals surface area contributed by atoms with Crippen LogP contribution in [-0.2, 0) is 24.2 Å². The van der Waals surface area contributed by atoms with Crippen molar-refractivity contribution in [3.05, 3.63) is 52.4 Å². The van der Waals surface area contributed by atoms with Crippen LogP contribution in [0.3, 0.4) is 0 Å². The number of hydrogen-bond donors (Lipinski definition) is 2. The van der Waals surface area contributed by atoms with Crippen molar-refractivity contribution in [2.45, 2.75) is 51.5 Å². The van der Waals surface area contributed by atoms with Gasteiger partial charge in [0, 0.05) is 30.1 Å². The van der Waals surface area contributed by atoms with E-state index in [1.54, 1.807) is 12.1 Å². The molecule has 0 unspecified atom stereocenters. The van der Waals surface area contributed by atoms with Crippen LogP contribution in [0.25, 0.3) is 0 Å². The van der Waals surface area contributed by atoms with Crippen molar-refractivity contribution < 1.29 is 9.18 Å². The van der Waals surface area contributed by atoms with E-state index < -0.39 is 0 Å². The second-order valence-electron chi connectivity index (χ2n) is 7.03. The lowest BCUT2D eigenvalue weighted by Gasteiger charge is -2.20. The first-order chi connectivity index (χ1) is 11.6. The van der Waals surface area contributed by atoms with Crippen molar-refractivity contribution in [1.82, 2.24) is 15.3 Å². The Morgan fingerprint density at radius 2 is 2.21 bits per heavy atom. The molecule has 2 aliphatic rings. The molecule has 4 rings (SSSR count). The van der Waals surface area contributed by atoms with E-state index in [2.05, 4.69) is 15.3 Å². The molecule has 2 aromatic rings. The zero-order valence-corrected chi connectivity index (χ0v) is 13.9. The van der Waals surface area contributed by atoms with Crippen LogP contribution in [-0.4, -0.2) is 15.9 Å². The Hall–Kier alpha value is -2.17. The molecular weight excluding hydrogens is 305 g/mol. The van der Waals surface area contributed by atoms with E-state index in [0.29, 0.717) is 17.9 Å². The second kappa shape index (κ2) is 6.04. The maximum atomic E-state index is 14.2. The first-order valence-corrected chi connectivity index (χ1v) is 8.70. The summed E-state index contributed by atoms with van der Waals surface area (Å²) in [5, 5.41) is 2.90. The number of amides is 1. The topological polar surface area (TPSA) is 57.8 Å². The van der Waals surface area contributed by atoms with E-state index in [4.69, 9.17) is 0 Å². The van der Waals surface area contributed by atoms with Crippen LogP contribution in [0.15, 0.2) is 18.2 Å². The van der Waals surface area contributed by atoms with Gasteiger partial charge in [-0.25, -0.2) is 9.37 Å². The molecule has 24 heavy (non-hydrogen) atoms. The zero-order valence-electron chi connectivity index (χ0n) is 13.9. The average Bonchev–Trinajstić information content (AvgIpc) is 3.34. The number of aromatic amines is 1. The van der Waals surface area contributed by atoms with Gasteiger partial charge in [-0.2, -0.15) is 0 Å². The molecular formula is C19H22FN3O. The molecule has 1 aromatic carbocycles. The van der Waals surface area contributed by atoms with Crippen LogP contribution in [0.4, 0.5) is 4.39 Å². The number of imidazole rings is 1. The summed E-state index contributed by atoms with van der Waals surface area (Å²) in [5.74, 6) is 1.16. The fourth-order valence-corrected chi connectivity index (χ4v) is 3.55. The molecule has 0 spiro atoms. The third-order valence-electron chi connectivity index (χ3n) is 5.11. The van der Waals surface area contributed by atoms with E-state index in [-0.39, 0.29) is 24.2 Å². The predicted octanol–water partition coefficient (Wildman–Crippen LogP) is 3.16. The Kier molecular flexibility index (Phi) is 3.87. The molecule has 1 aromatic heterocycles. The Morgan fingerprint density at radius 3 is 2.96 bits per heavy atom. The van der Waals surface area contributed by atoms with Gasteiger partial charge in [0.05, 0.1) is 5.69 Å². The van der Waals surface area contributed by atoms with Crippen molar-refractivity contribution >= 4 is 5.91 Å². The molecule has 1 fully saturated rings. The minimum absolute atomic E-state index is 0.00132. The largest absolute Gasteiger partial charge is 0.352 e. The van der Waals surface area contributed by atoms with E-state index in [1.807, 2.05) is 13.0 Å². The van der Waals surface area contributed by atoms with Crippen LogP contribution in [0.1, 0.15) is 53.5 Å². The Balaban J connectivity index is 1.37. The number of carbonyl (C=O) groups excluding carboxylic acids is 1. The Labute approximate surface area is 140 Å². The number of carbonyl (C=O) groups is 1. The van der Waals surface area contributed by atoms with Crippen molar-refractivity contribution in [3.8, 4) is 0 Å². The van der Waals surface area contributed by atoms with Gasteiger partial charge in [0.2, 0.25) is 5.91 Å². The number of rotatable bonds is 4. The highest BCUT2D eigenvalue weighted by Gasteiger charge is 2.27. The van der Waals surface area contributed by atoms with Gasteiger partial charge < -0.3 is 10.3 Å². The minimum atomic E-state index is -0.213. The number of H-pyrrole nitrogens is 1. The lowest BCUT2D eigenvalue weighted by atomic mass is 9.89. The molecule has 0 saturated heterocycles. The summed E-state index contributed by atoms with van der Waals surface area (Å²) in [6, 6.07) is 5.42. The maximum Gasteiger partial charge on any atom is 0.223 e. The van der Waals surface area contributed by atoms with Gasteiger partial charge in [0.15, 0.2) is 0 Å². The van der Waals surface area contributed by atoms with Gasteiger partial charge in [-0.1, -0.05) is 12.1 Å². The van der Waals surface area contributed by atoms with Crippen LogP contribution < -0.4 is 5.32 Å². The van der Waals surface area contributed by atoms with E-state index in [0.717, 1.165) is 48.5 Å². The minimum Gasteiger partial charge on any atom is -0.352 e. The number of aromatic nitrogens is 2. The van der Waals surface area contributed by atoms with Gasteiger partial charge in [-0.3, -0.25) is 4.79 Å². The number of benzene rings is 1. The first kappa shape index (κ1) is 15.4. The molecule has 1 saturated carbocycles. The number of nitrogens with one attached hydrogen (secondary N) is 2. The van der Waals surface area contributed by atoms with Gasteiger partial charge in [0.1, 0.15) is 11.6 Å². The molecule has 2 N–H and O–H groups in total. The van der Waals surface area contributed by atoms with Crippen LogP contribution in [0.2, 0.25) is 0 Å². The van der Waals surface area contributed by atoms with Crippen molar-refractivity contribution in [2.24, 2.45) is 5.92 Å². The van der Waals surface area contributed by atoms with Crippen molar-refractivity contribution in [2.75, 3.05) is 0 Å². The monoisotopic (exact) mass is 327 g/mol. The molecule has 1 amide bonds. The number of hydrogen-bond acceptors (Lipinski definition) is 2. The summed E-state index contributed by atoms with van der Waals surface area (Å²) in [6.45, 7) is 2.18. The number of fused-ring (bicyclic) bond motifs is 1. The van der Waals surface area contributed by atoms with E-state index in [9.17, 15) is 9.18 Å². The summed E-state index contributed by atoms with van der Waals surface area (Å²) in [6.07, 6.45) is 4.62. The SMILES string of the molecule is Cc1nc2c([nH]1)C[C@@H](C(=O)NCc1ccc(C3CC3)cc1F)CC2. The molecule has 2 aliphatic carbocycles. The highest BCUT2D eigenvalue weighted by atomic mass is 19.1. The lowest BCUT2D eigenvalue weighted by Crippen LogP contribution is -2.34. The van der Waals surface area contributed by atoms with E-state index >= 15 is 0 Å². The molecule has 1 heterocycles. The standard InChI is InChI=1S/C19H22FN3O/c1-11-22-17-7-6-14(9-18(17)23-11)19(24)21-10-15-5-4-13(8-16(15)20)12-2-3-12/h4-5,8,12,14H,2-3,6-7,9-10H2,1H3,(H,21,24)(H,22,23)/t14-/m0/s1. The normalized spacial score (nSPS) is 19.8. The molecule has 0 bridgehead atoms. The lowest BCUT2D eigenvalue weighted by molar-refractivity contribution is -0.125. The quantitative estimate of drug-likeness (QED) is 0.906. The summed E-state index contributed by atoms with van der Waals surface area (Å²) in [4.78, 5) is 20.1. The van der Waals surface area contributed by atoms with E-state index in [1.165, 1.54) is 0 Å². The highest BCUT2D eigenvalue weighted by Crippen LogP contribution is 2.40. The summed E-state index contributed by atoms with van der Waals surface area (Å²) >= 11 is 0. The van der Waals surface area contributed by atoms with Gasteiger partial charge in [-0.05, 0) is 50.2 Å². The Morgan fingerprint density at radius 1 is 1.38 bits per heavy atom. The molecule has 126 valence electrons. The van der Waals surface area contributed by atoms with Crippen molar-refractivity contribution in [3.63, 3.8) is 0 Å². The Bertz CT molecular complexity index is 779. The van der Waals surface area contributed by atoms with Crippen molar-refractivity contribution in [1.29, 1.82) is 0 Å². The first-order valence-electron chi connectivity index (χ1n) is 8.70. The fraction of sp³-hybridized carbons (Fsp3) is 0.474. The van der Waals surface area contributed by atoms with Crippen LogP contribution in [0, 0.1) is 18.7 Å². The third-order valence-corrected chi connectivity index (χ3v) is 5.11. The van der Waals surface area contributed by atoms with Gasteiger partial charge >= 0.3 is 0 Å². The molecule has 5 heteroatoms. The predicted molar refractivity (Wildman–Crippen MR) is 89.1 cm³/mol. The number of halogens is 1. The number of nitrogens with zero attached hydrogens (tertiary/aromatic N) is 1. The summed E-state index contributed by atoms with van der Waals surface area (Å²) in [5.41, 5.74) is 3.79. The van der Waals surface area contributed by atoms with Gasteiger partial charge in [-0.15, -0.1) is 0 Å². The molecule has 4 nitrogen and oxygen atoms in total. The molecule has 0 aliphatic heterocycles. The van der Waals surface area contributed by atoms with Gasteiger partial charge in [0.25, 0.3) is 0 Å². The zero-order chi connectivity index (χ0) is 16.7. The summed E-state index contributed by atoms with van der Waals surface area (Å²) < 4.78 is 14.2. The maximum absolute atomic E-state index is 14.2. The summed E-state index contributed by atoms with van der Waals surface area (Å²) in [7, 11) is 0. The average molecular weight is 327 g/mol. The smallest absolute Gasteiger partial charge is 0.223 e. The number of aryl methyl sites for hydroxylation is 2. The second-order valence-corrected chi connectivity index (χ2v) is 7.03. The highest BCUT2D eigenvalue weighted by molar-refractivity contribution is 5.79.